The largest absolute Gasteiger partial charge is 0.382 e. The molecule has 1 atom stereocenters. The van der Waals surface area contributed by atoms with Gasteiger partial charge in [0.25, 0.3) is 0 Å². The molecule has 0 aliphatic carbocycles. The first-order valence-electron chi connectivity index (χ1n) is 5.06. The van der Waals surface area contributed by atoms with Gasteiger partial charge in [0.2, 0.25) is 0 Å². The van der Waals surface area contributed by atoms with Gasteiger partial charge in [0.1, 0.15) is 12.6 Å². The van der Waals surface area contributed by atoms with Gasteiger partial charge in [0.05, 0.1) is 21.1 Å². The van der Waals surface area contributed by atoms with Crippen LogP contribution in [0.4, 0.5) is 0 Å². The minimum atomic E-state index is -0.408. The van der Waals surface area contributed by atoms with Gasteiger partial charge < -0.3 is 9.59 Å². The maximum absolute atomic E-state index is 9.97. The molecule has 0 spiro atoms. The normalized spacial score (nSPS) is 13.9. The third-order valence-corrected chi connectivity index (χ3v) is 2.55. The smallest absolute Gasteiger partial charge is 0.128 e. The van der Waals surface area contributed by atoms with Crippen molar-refractivity contribution in [2.75, 3.05) is 27.7 Å². The highest BCUT2D eigenvalue weighted by atomic mass is 35.5. The summed E-state index contributed by atoms with van der Waals surface area (Å²) < 4.78 is 0.748. The van der Waals surface area contributed by atoms with E-state index in [9.17, 15) is 5.11 Å². The molecule has 0 saturated carbocycles. The second-order valence-electron chi connectivity index (χ2n) is 4.86. The van der Waals surface area contributed by atoms with Crippen molar-refractivity contribution in [2.45, 2.75) is 12.0 Å². The van der Waals surface area contributed by atoms with Crippen LogP contribution in [0.2, 0.25) is 0 Å². The molecule has 0 aliphatic heterocycles. The van der Waals surface area contributed by atoms with E-state index >= 15 is 0 Å². The highest BCUT2D eigenvalue weighted by Crippen LogP contribution is 2.16. The van der Waals surface area contributed by atoms with E-state index in [-0.39, 0.29) is 0 Å². The quantitative estimate of drug-likeness (QED) is 0.619. The van der Waals surface area contributed by atoms with E-state index in [0.29, 0.717) is 12.4 Å². The van der Waals surface area contributed by atoms with Crippen molar-refractivity contribution >= 4 is 11.6 Å². The van der Waals surface area contributed by atoms with Gasteiger partial charge >= 0.3 is 0 Å². The van der Waals surface area contributed by atoms with Crippen molar-refractivity contribution in [1.29, 1.82) is 0 Å². The van der Waals surface area contributed by atoms with E-state index in [1.165, 1.54) is 0 Å². The number of quaternary nitrogens is 1. The Hall–Kier alpha value is -0.570. The number of nitrogens with zero attached hydrogens (tertiary/aromatic N) is 1. The lowest BCUT2D eigenvalue weighted by Crippen LogP contribution is -2.38. The van der Waals surface area contributed by atoms with Crippen LogP contribution in [0.25, 0.3) is 0 Å². The fourth-order valence-electron chi connectivity index (χ4n) is 1.45. The molecule has 15 heavy (non-hydrogen) atoms. The third-order valence-electron chi connectivity index (χ3n) is 2.24. The van der Waals surface area contributed by atoms with Crippen molar-refractivity contribution in [3.05, 3.63) is 35.4 Å². The monoisotopic (exact) mass is 228 g/mol. The number of alkyl halides is 1. The molecular weight excluding hydrogens is 210 g/mol. The Morgan fingerprint density at radius 1 is 1.20 bits per heavy atom. The Kier molecular flexibility index (Phi) is 4.14. The standard InChI is InChI=1S/C12H19ClNO/c1-14(2,3)9-12(15)11-6-4-10(8-13)5-7-11/h4-7,12,15H,8-9H2,1-3H3/q+1. The predicted molar refractivity (Wildman–Crippen MR) is 63.9 cm³/mol. The van der Waals surface area contributed by atoms with Crippen LogP contribution in [0.15, 0.2) is 24.3 Å². The average molecular weight is 229 g/mol. The Balaban J connectivity index is 2.70. The second-order valence-corrected chi connectivity index (χ2v) is 5.13. The molecular formula is C12H19ClNO+. The zero-order chi connectivity index (χ0) is 11.5. The van der Waals surface area contributed by atoms with Crippen LogP contribution in [0.3, 0.4) is 0 Å². The van der Waals surface area contributed by atoms with E-state index in [4.69, 9.17) is 11.6 Å². The summed E-state index contributed by atoms with van der Waals surface area (Å²) in [6.07, 6.45) is -0.408. The molecule has 1 rings (SSSR count). The van der Waals surface area contributed by atoms with Crippen molar-refractivity contribution in [2.24, 2.45) is 0 Å². The molecule has 1 unspecified atom stereocenters. The van der Waals surface area contributed by atoms with Crippen LogP contribution in [-0.2, 0) is 5.88 Å². The molecule has 0 aliphatic rings. The van der Waals surface area contributed by atoms with Crippen LogP contribution < -0.4 is 0 Å². The molecule has 0 radical (unpaired) electrons. The van der Waals surface area contributed by atoms with Crippen LogP contribution in [0, 0.1) is 0 Å². The van der Waals surface area contributed by atoms with Gasteiger partial charge in [-0.25, -0.2) is 0 Å². The van der Waals surface area contributed by atoms with E-state index in [1.807, 2.05) is 24.3 Å². The molecule has 1 N–H and O–H groups in total. The lowest BCUT2D eigenvalue weighted by Gasteiger charge is -2.26. The Bertz CT molecular complexity index is 302. The van der Waals surface area contributed by atoms with Gasteiger partial charge in [-0.05, 0) is 11.1 Å². The zero-order valence-electron chi connectivity index (χ0n) is 9.57. The van der Waals surface area contributed by atoms with Gasteiger partial charge in [0.15, 0.2) is 0 Å². The molecule has 1 aromatic rings. The Labute approximate surface area is 96.7 Å². The molecule has 1 aromatic carbocycles. The fraction of sp³-hybridized carbons (Fsp3) is 0.500. The van der Waals surface area contributed by atoms with Gasteiger partial charge in [-0.1, -0.05) is 24.3 Å². The first-order valence-corrected chi connectivity index (χ1v) is 5.59. The third kappa shape index (κ3) is 4.20. The average Bonchev–Trinajstić information content (AvgIpc) is 2.15. The summed E-state index contributed by atoms with van der Waals surface area (Å²) in [5.41, 5.74) is 2.04. The summed E-state index contributed by atoms with van der Waals surface area (Å²) in [5, 5.41) is 9.97. The summed E-state index contributed by atoms with van der Waals surface area (Å²) >= 11 is 5.70. The molecule has 0 amide bonds. The van der Waals surface area contributed by atoms with E-state index < -0.39 is 6.10 Å². The first kappa shape index (κ1) is 12.5. The number of benzene rings is 1. The summed E-state index contributed by atoms with van der Waals surface area (Å²) in [6.45, 7) is 0.709. The Morgan fingerprint density at radius 2 is 1.73 bits per heavy atom. The fourth-order valence-corrected chi connectivity index (χ4v) is 1.63. The van der Waals surface area contributed by atoms with Crippen LogP contribution in [0.1, 0.15) is 17.2 Å². The summed E-state index contributed by atoms with van der Waals surface area (Å²) in [4.78, 5) is 0. The van der Waals surface area contributed by atoms with Gasteiger partial charge in [-0.2, -0.15) is 0 Å². The van der Waals surface area contributed by atoms with Gasteiger partial charge in [0, 0.05) is 5.88 Å². The number of rotatable bonds is 4. The van der Waals surface area contributed by atoms with Crippen molar-refractivity contribution in [3.8, 4) is 0 Å². The highest BCUT2D eigenvalue weighted by Gasteiger charge is 2.16. The maximum Gasteiger partial charge on any atom is 0.128 e. The van der Waals surface area contributed by atoms with Crippen LogP contribution >= 0.6 is 11.6 Å². The van der Waals surface area contributed by atoms with E-state index in [0.717, 1.165) is 15.6 Å². The molecule has 84 valence electrons. The SMILES string of the molecule is C[N+](C)(C)CC(O)c1ccc(CCl)cc1. The van der Waals surface area contributed by atoms with Crippen molar-refractivity contribution in [1.82, 2.24) is 0 Å². The van der Waals surface area contributed by atoms with Gasteiger partial charge in [-0.3, -0.25) is 0 Å². The van der Waals surface area contributed by atoms with Crippen molar-refractivity contribution < 1.29 is 9.59 Å². The lowest BCUT2D eigenvalue weighted by molar-refractivity contribution is -0.874. The zero-order valence-corrected chi connectivity index (χ0v) is 10.3. The maximum atomic E-state index is 9.97. The molecule has 3 heteroatoms. The minimum absolute atomic E-state index is 0.408. The molecule has 2 nitrogen and oxygen atoms in total. The second kappa shape index (κ2) is 4.97. The summed E-state index contributed by atoms with van der Waals surface area (Å²) in [5.74, 6) is 0.520. The van der Waals surface area contributed by atoms with E-state index in [1.54, 1.807) is 0 Å². The number of halogens is 1. The topological polar surface area (TPSA) is 20.2 Å². The molecule has 0 heterocycles. The first-order chi connectivity index (χ1) is 6.92. The molecule has 0 fully saturated rings. The van der Waals surface area contributed by atoms with Crippen LogP contribution in [0.5, 0.6) is 0 Å². The summed E-state index contributed by atoms with van der Waals surface area (Å²) in [7, 11) is 6.20. The van der Waals surface area contributed by atoms with Crippen molar-refractivity contribution in [3.63, 3.8) is 0 Å². The number of aliphatic hydroxyl groups is 1. The number of likely N-dealkylation sites (N-methyl/N-ethyl adjacent to an activating group) is 1. The number of aliphatic hydroxyl groups excluding tert-OH is 1. The number of hydrogen-bond donors (Lipinski definition) is 1. The van der Waals surface area contributed by atoms with Crippen LogP contribution in [-0.4, -0.2) is 37.3 Å². The van der Waals surface area contributed by atoms with E-state index in [2.05, 4.69) is 21.1 Å². The predicted octanol–water partition coefficient (Wildman–Crippen LogP) is 2.17. The number of hydrogen-bond acceptors (Lipinski definition) is 1. The molecule has 0 saturated heterocycles. The summed E-state index contributed by atoms with van der Waals surface area (Å²) in [6, 6.07) is 7.80. The molecule has 0 aromatic heterocycles. The molecule has 0 bridgehead atoms. The lowest BCUT2D eigenvalue weighted by atomic mass is 10.1. The van der Waals surface area contributed by atoms with Gasteiger partial charge in [-0.15, -0.1) is 11.6 Å². The Morgan fingerprint density at radius 3 is 2.13 bits per heavy atom. The minimum Gasteiger partial charge on any atom is -0.382 e. The highest BCUT2D eigenvalue weighted by molar-refractivity contribution is 6.17.